The van der Waals surface area contributed by atoms with Crippen molar-refractivity contribution in [2.75, 3.05) is 6.61 Å². The monoisotopic (exact) mass is 264 g/mol. The summed E-state index contributed by atoms with van der Waals surface area (Å²) < 4.78 is 9.33. The van der Waals surface area contributed by atoms with Gasteiger partial charge in [0.2, 0.25) is 0 Å². The van der Waals surface area contributed by atoms with Crippen LogP contribution >= 0.6 is 0 Å². The van der Waals surface area contributed by atoms with Crippen LogP contribution in [0.25, 0.3) is 0 Å². The molecule has 0 amide bonds. The average molecular weight is 264 g/mol. The standard InChI is InChI=1S/C7H12O3.C7H4O2/c1-5(2)7(9)10-4-6(3)8;8-7-5-2-1-3-6(4-5)9-7/h6,8H,1,4H2,2-3H3;1-4H. The molecule has 0 spiro atoms. The van der Waals surface area contributed by atoms with Crippen molar-refractivity contribution in [2.45, 2.75) is 20.0 Å². The van der Waals surface area contributed by atoms with E-state index in [1.165, 1.54) is 0 Å². The Morgan fingerprint density at radius 3 is 2.68 bits per heavy atom. The predicted molar refractivity (Wildman–Crippen MR) is 68.9 cm³/mol. The van der Waals surface area contributed by atoms with Gasteiger partial charge in [-0.15, -0.1) is 0 Å². The van der Waals surface area contributed by atoms with Gasteiger partial charge >= 0.3 is 11.9 Å². The maximum absolute atomic E-state index is 10.7. The van der Waals surface area contributed by atoms with Crippen LogP contribution in [0.5, 0.6) is 5.75 Å². The molecule has 0 saturated carbocycles. The van der Waals surface area contributed by atoms with E-state index in [0.29, 0.717) is 16.9 Å². The number of hydrogen-bond acceptors (Lipinski definition) is 5. The van der Waals surface area contributed by atoms with Gasteiger partial charge in [-0.2, -0.15) is 0 Å². The van der Waals surface area contributed by atoms with E-state index in [1.54, 1.807) is 38.1 Å². The number of ether oxygens (including phenoxy) is 2. The van der Waals surface area contributed by atoms with Crippen molar-refractivity contribution in [1.82, 2.24) is 0 Å². The van der Waals surface area contributed by atoms with Crippen LogP contribution in [0.1, 0.15) is 24.2 Å². The quantitative estimate of drug-likeness (QED) is 0.664. The molecule has 5 nitrogen and oxygen atoms in total. The third-order valence-corrected chi connectivity index (χ3v) is 2.08. The lowest BCUT2D eigenvalue weighted by Crippen LogP contribution is -2.15. The number of aliphatic hydroxyl groups excluding tert-OH is 1. The number of fused-ring (bicyclic) bond motifs is 2. The molecule has 0 fully saturated rings. The van der Waals surface area contributed by atoms with E-state index in [9.17, 15) is 9.59 Å². The number of aliphatic hydroxyl groups is 1. The summed E-state index contributed by atoms with van der Waals surface area (Å²) in [6.07, 6.45) is -0.608. The van der Waals surface area contributed by atoms with Gasteiger partial charge in [0.15, 0.2) is 0 Å². The Labute approximate surface area is 111 Å². The van der Waals surface area contributed by atoms with Gasteiger partial charge in [0.1, 0.15) is 12.4 Å². The topological polar surface area (TPSA) is 72.8 Å². The maximum atomic E-state index is 10.7. The summed E-state index contributed by atoms with van der Waals surface area (Å²) in [5, 5.41) is 8.68. The van der Waals surface area contributed by atoms with Crippen molar-refractivity contribution in [3.8, 4) is 5.75 Å². The number of hydrogen-bond donors (Lipinski definition) is 1. The highest BCUT2D eigenvalue weighted by Gasteiger charge is 2.15. The number of rotatable bonds is 3. The third kappa shape index (κ3) is 4.93. The molecular weight excluding hydrogens is 248 g/mol. The van der Waals surface area contributed by atoms with Gasteiger partial charge in [-0.3, -0.25) is 0 Å². The molecule has 102 valence electrons. The van der Waals surface area contributed by atoms with Crippen molar-refractivity contribution in [3.63, 3.8) is 0 Å². The van der Waals surface area contributed by atoms with Gasteiger partial charge in [0.25, 0.3) is 0 Å². The zero-order chi connectivity index (χ0) is 14.4. The third-order valence-electron chi connectivity index (χ3n) is 2.08. The predicted octanol–water partition coefficient (Wildman–Crippen LogP) is 1.71. The average Bonchev–Trinajstić information content (AvgIpc) is 2.60. The van der Waals surface area contributed by atoms with E-state index in [1.807, 2.05) is 0 Å². The molecule has 2 bridgehead atoms. The minimum atomic E-state index is -0.608. The zero-order valence-corrected chi connectivity index (χ0v) is 10.9. The number of carbonyl (C=O) groups excluding carboxylic acids is 2. The Bertz CT molecular complexity index is 490. The molecule has 19 heavy (non-hydrogen) atoms. The van der Waals surface area contributed by atoms with Crippen molar-refractivity contribution in [2.24, 2.45) is 0 Å². The molecule has 1 aromatic rings. The molecule has 1 unspecified atom stereocenters. The van der Waals surface area contributed by atoms with E-state index < -0.39 is 12.1 Å². The van der Waals surface area contributed by atoms with E-state index in [0.717, 1.165) is 0 Å². The van der Waals surface area contributed by atoms with Crippen molar-refractivity contribution >= 4 is 11.9 Å². The van der Waals surface area contributed by atoms with E-state index in [2.05, 4.69) is 11.3 Å². The largest absolute Gasteiger partial charge is 0.460 e. The van der Waals surface area contributed by atoms with Crippen molar-refractivity contribution in [3.05, 3.63) is 42.0 Å². The Morgan fingerprint density at radius 2 is 2.21 bits per heavy atom. The molecule has 0 radical (unpaired) electrons. The summed E-state index contributed by atoms with van der Waals surface area (Å²) in [4.78, 5) is 21.3. The van der Waals surface area contributed by atoms with Gasteiger partial charge < -0.3 is 14.6 Å². The van der Waals surface area contributed by atoms with Crippen LogP contribution in [0, 0.1) is 0 Å². The molecule has 2 rings (SSSR count). The van der Waals surface area contributed by atoms with Crippen molar-refractivity contribution < 1.29 is 24.2 Å². The van der Waals surface area contributed by atoms with Crippen LogP contribution < -0.4 is 4.74 Å². The first-order chi connectivity index (χ1) is 8.90. The lowest BCUT2D eigenvalue weighted by molar-refractivity contribution is -0.141. The fourth-order valence-corrected chi connectivity index (χ4v) is 1.17. The smallest absolute Gasteiger partial charge is 0.343 e. The van der Waals surface area contributed by atoms with Crippen LogP contribution in [0.4, 0.5) is 0 Å². The molecule has 1 heterocycles. The summed E-state index contributed by atoms with van der Waals surface area (Å²) in [6, 6.07) is 7.02. The normalized spacial score (nSPS) is 12.9. The van der Waals surface area contributed by atoms with Crippen molar-refractivity contribution in [1.29, 1.82) is 0 Å². The molecule has 1 aromatic carbocycles. The molecule has 1 N–H and O–H groups in total. The molecular formula is C14H16O5. The minimum Gasteiger partial charge on any atom is -0.460 e. The SMILES string of the molecule is C=C(C)C(=O)OCC(C)O.O=C1Oc2cccc1c2. The first-order valence-electron chi connectivity index (χ1n) is 5.73. The molecule has 1 atom stereocenters. The Hall–Kier alpha value is -2.14. The highest BCUT2D eigenvalue weighted by atomic mass is 16.5. The van der Waals surface area contributed by atoms with Gasteiger partial charge in [0.05, 0.1) is 11.7 Å². The Kier molecular flexibility index (Phi) is 5.26. The van der Waals surface area contributed by atoms with Gasteiger partial charge in [-0.1, -0.05) is 12.6 Å². The molecule has 1 aliphatic heterocycles. The highest BCUT2D eigenvalue weighted by molar-refractivity contribution is 5.94. The lowest BCUT2D eigenvalue weighted by atomic mass is 10.2. The summed E-state index contributed by atoms with van der Waals surface area (Å²) in [7, 11) is 0. The van der Waals surface area contributed by atoms with E-state index in [-0.39, 0.29) is 12.6 Å². The molecule has 0 aromatic heterocycles. The summed E-state index contributed by atoms with van der Waals surface area (Å²) in [5.41, 5.74) is 0.994. The van der Waals surface area contributed by atoms with Crippen LogP contribution in [0.15, 0.2) is 36.4 Å². The minimum absolute atomic E-state index is 0.0334. The maximum Gasteiger partial charge on any atom is 0.343 e. The Morgan fingerprint density at radius 1 is 1.53 bits per heavy atom. The van der Waals surface area contributed by atoms with Crippen LogP contribution in [-0.4, -0.2) is 29.8 Å². The molecule has 0 saturated heterocycles. The second-order valence-electron chi connectivity index (χ2n) is 4.15. The summed E-state index contributed by atoms with van der Waals surface area (Å²) >= 11 is 0. The zero-order valence-electron chi connectivity index (χ0n) is 10.9. The fourth-order valence-electron chi connectivity index (χ4n) is 1.17. The molecule has 5 heteroatoms. The number of carbonyl (C=O) groups is 2. The fraction of sp³-hybridized carbons (Fsp3) is 0.286. The second-order valence-corrected chi connectivity index (χ2v) is 4.15. The van der Waals surface area contributed by atoms with Crippen LogP contribution in [0.3, 0.4) is 0 Å². The second kappa shape index (κ2) is 6.70. The van der Waals surface area contributed by atoms with Gasteiger partial charge in [-0.05, 0) is 32.0 Å². The first-order valence-corrected chi connectivity index (χ1v) is 5.73. The number of benzene rings is 1. The highest BCUT2D eigenvalue weighted by Crippen LogP contribution is 2.20. The van der Waals surface area contributed by atoms with Crippen LogP contribution in [-0.2, 0) is 9.53 Å². The van der Waals surface area contributed by atoms with E-state index >= 15 is 0 Å². The van der Waals surface area contributed by atoms with Crippen LogP contribution in [0.2, 0.25) is 0 Å². The van der Waals surface area contributed by atoms with Gasteiger partial charge in [0, 0.05) is 5.57 Å². The molecule has 0 aliphatic carbocycles. The molecule has 1 aliphatic rings. The first kappa shape index (κ1) is 14.9. The summed E-state index contributed by atoms with van der Waals surface area (Å²) in [5.74, 6) is -0.0478. The van der Waals surface area contributed by atoms with Gasteiger partial charge in [-0.25, -0.2) is 9.59 Å². The lowest BCUT2D eigenvalue weighted by Gasteiger charge is -2.04. The number of esters is 2. The summed E-state index contributed by atoms with van der Waals surface area (Å²) in [6.45, 7) is 6.52. The van der Waals surface area contributed by atoms with E-state index in [4.69, 9.17) is 9.84 Å². The Balaban J connectivity index is 0.000000190.